The summed E-state index contributed by atoms with van der Waals surface area (Å²) in [7, 11) is 0. The molecule has 1 atom stereocenters. The quantitative estimate of drug-likeness (QED) is 0.339. The predicted molar refractivity (Wildman–Crippen MR) is 127 cm³/mol. The van der Waals surface area contributed by atoms with Crippen LogP contribution < -0.4 is 15.5 Å². The van der Waals surface area contributed by atoms with Crippen molar-refractivity contribution in [3.63, 3.8) is 0 Å². The maximum atomic E-state index is 6.12. The number of aliphatic imine (C=N–C) groups is 1. The van der Waals surface area contributed by atoms with Crippen LogP contribution in [0.25, 0.3) is 0 Å². The second-order valence-corrected chi connectivity index (χ2v) is 7.96. The van der Waals surface area contributed by atoms with Crippen molar-refractivity contribution >= 4 is 58.6 Å². The summed E-state index contributed by atoms with van der Waals surface area (Å²) in [4.78, 5) is 12.8. The van der Waals surface area contributed by atoms with E-state index in [9.17, 15) is 0 Å². The number of hydrogen-bond acceptors (Lipinski definition) is 4. The highest BCUT2D eigenvalue weighted by atomic mass is 127. The Labute approximate surface area is 187 Å². The molecular weight excluding hydrogens is 493 g/mol. The van der Waals surface area contributed by atoms with Gasteiger partial charge in [-0.3, -0.25) is 0 Å². The van der Waals surface area contributed by atoms with Gasteiger partial charge in [-0.25, -0.2) is 9.98 Å². The number of rotatable bonds is 6. The molecule has 8 heteroatoms. The van der Waals surface area contributed by atoms with Crippen LogP contribution in [0.2, 0.25) is 5.02 Å². The van der Waals surface area contributed by atoms with Crippen LogP contribution in [-0.4, -0.2) is 36.6 Å². The number of aromatic nitrogens is 1. The molecule has 1 aliphatic rings. The molecule has 2 heterocycles. The summed E-state index contributed by atoms with van der Waals surface area (Å²) < 4.78 is 0. The van der Waals surface area contributed by atoms with E-state index in [2.05, 4.69) is 40.4 Å². The van der Waals surface area contributed by atoms with Crippen LogP contribution in [-0.2, 0) is 13.0 Å². The van der Waals surface area contributed by atoms with Crippen molar-refractivity contribution in [3.8, 4) is 0 Å². The molecule has 148 valence electrons. The first kappa shape index (κ1) is 22.2. The lowest BCUT2D eigenvalue weighted by atomic mass is 10.3. The minimum Gasteiger partial charge on any atom is -0.369 e. The SMILES string of the molecule is CCNC(=NCc1ncc(CC)s1)NC1CCN(c2cccc(Cl)c2)C1.I. The van der Waals surface area contributed by atoms with E-state index < -0.39 is 0 Å². The molecule has 1 unspecified atom stereocenters. The molecule has 3 rings (SSSR count). The highest BCUT2D eigenvalue weighted by Crippen LogP contribution is 2.23. The van der Waals surface area contributed by atoms with Gasteiger partial charge in [-0.05, 0) is 38.0 Å². The molecule has 2 aromatic rings. The van der Waals surface area contributed by atoms with E-state index in [1.165, 1.54) is 10.6 Å². The number of aryl methyl sites for hydroxylation is 1. The van der Waals surface area contributed by atoms with Crippen molar-refractivity contribution < 1.29 is 0 Å². The van der Waals surface area contributed by atoms with E-state index in [1.54, 1.807) is 11.3 Å². The van der Waals surface area contributed by atoms with Crippen molar-refractivity contribution in [1.29, 1.82) is 0 Å². The topological polar surface area (TPSA) is 52.6 Å². The van der Waals surface area contributed by atoms with Crippen LogP contribution in [0.3, 0.4) is 0 Å². The molecule has 0 bridgehead atoms. The van der Waals surface area contributed by atoms with Crippen LogP contribution in [0.4, 0.5) is 5.69 Å². The number of anilines is 1. The summed E-state index contributed by atoms with van der Waals surface area (Å²) in [6.45, 7) is 7.66. The van der Waals surface area contributed by atoms with E-state index in [0.717, 1.165) is 48.5 Å². The Morgan fingerprint density at radius 2 is 2.26 bits per heavy atom. The smallest absolute Gasteiger partial charge is 0.191 e. The molecule has 1 aliphatic heterocycles. The molecule has 0 amide bonds. The standard InChI is InChI=1S/C19H26ClN5S.HI/c1-3-17-11-22-18(26-17)12-23-19(21-4-2)24-15-8-9-25(13-15)16-7-5-6-14(20)10-16;/h5-7,10-11,15H,3-4,8-9,12-13H2,1-2H3,(H2,21,23,24);1H. The predicted octanol–water partition coefficient (Wildman–Crippen LogP) is 4.31. The number of benzene rings is 1. The fourth-order valence-corrected chi connectivity index (χ4v) is 4.00. The Hall–Kier alpha value is -1.06. The first-order valence-corrected chi connectivity index (χ1v) is 10.4. The van der Waals surface area contributed by atoms with Crippen LogP contribution in [0.1, 0.15) is 30.2 Å². The highest BCUT2D eigenvalue weighted by molar-refractivity contribution is 14.0. The number of thiazole rings is 1. The van der Waals surface area contributed by atoms with Gasteiger partial charge in [-0.15, -0.1) is 35.3 Å². The molecular formula is C19H27ClIN5S. The summed E-state index contributed by atoms with van der Waals surface area (Å²) in [6, 6.07) is 8.42. The molecule has 0 radical (unpaired) electrons. The first-order valence-electron chi connectivity index (χ1n) is 9.17. The molecule has 1 fully saturated rings. The zero-order valence-electron chi connectivity index (χ0n) is 15.7. The van der Waals surface area contributed by atoms with E-state index >= 15 is 0 Å². The zero-order chi connectivity index (χ0) is 18.4. The molecule has 1 aromatic carbocycles. The zero-order valence-corrected chi connectivity index (χ0v) is 19.6. The fraction of sp³-hybridized carbons (Fsp3) is 0.474. The number of nitrogens with one attached hydrogen (secondary N) is 2. The Bertz CT molecular complexity index is 751. The third kappa shape index (κ3) is 6.50. The molecule has 0 spiro atoms. The second kappa shape index (κ2) is 11.1. The Kier molecular flexibility index (Phi) is 9.11. The normalized spacial score (nSPS) is 16.9. The number of halogens is 2. The van der Waals surface area contributed by atoms with Gasteiger partial charge in [0, 0.05) is 47.5 Å². The largest absolute Gasteiger partial charge is 0.369 e. The Morgan fingerprint density at radius 1 is 1.41 bits per heavy atom. The van der Waals surface area contributed by atoms with Crippen molar-refractivity contribution in [3.05, 3.63) is 45.4 Å². The first-order chi connectivity index (χ1) is 12.7. The fourth-order valence-electron chi connectivity index (χ4n) is 3.03. The molecule has 2 N–H and O–H groups in total. The van der Waals surface area contributed by atoms with Crippen LogP contribution in [0, 0.1) is 0 Å². The summed E-state index contributed by atoms with van der Waals surface area (Å²) in [5.41, 5.74) is 1.18. The van der Waals surface area contributed by atoms with Gasteiger partial charge < -0.3 is 15.5 Å². The third-order valence-corrected chi connectivity index (χ3v) is 5.73. The van der Waals surface area contributed by atoms with Gasteiger partial charge in [0.05, 0.1) is 6.54 Å². The van der Waals surface area contributed by atoms with Gasteiger partial charge in [0.15, 0.2) is 5.96 Å². The van der Waals surface area contributed by atoms with Crippen LogP contribution in [0.15, 0.2) is 35.5 Å². The number of hydrogen-bond donors (Lipinski definition) is 2. The monoisotopic (exact) mass is 519 g/mol. The average Bonchev–Trinajstić information content (AvgIpc) is 3.29. The van der Waals surface area contributed by atoms with E-state index in [-0.39, 0.29) is 24.0 Å². The van der Waals surface area contributed by atoms with Gasteiger partial charge in [0.25, 0.3) is 0 Å². The Balaban J connectivity index is 0.00000261. The molecule has 1 saturated heterocycles. The van der Waals surface area contributed by atoms with E-state index in [4.69, 9.17) is 16.6 Å². The van der Waals surface area contributed by atoms with Crippen LogP contribution in [0.5, 0.6) is 0 Å². The Morgan fingerprint density at radius 3 is 2.96 bits per heavy atom. The van der Waals surface area contributed by atoms with Crippen molar-refractivity contribution in [2.24, 2.45) is 4.99 Å². The van der Waals surface area contributed by atoms with Gasteiger partial charge >= 0.3 is 0 Å². The molecule has 27 heavy (non-hydrogen) atoms. The molecule has 1 aromatic heterocycles. The van der Waals surface area contributed by atoms with Crippen molar-refractivity contribution in [2.75, 3.05) is 24.5 Å². The second-order valence-electron chi connectivity index (χ2n) is 6.32. The summed E-state index contributed by atoms with van der Waals surface area (Å²) in [5.74, 6) is 0.860. The third-order valence-electron chi connectivity index (χ3n) is 4.37. The summed E-state index contributed by atoms with van der Waals surface area (Å²) in [6.07, 6.45) is 4.06. The lowest BCUT2D eigenvalue weighted by Crippen LogP contribution is -2.44. The number of nitrogens with zero attached hydrogens (tertiary/aromatic N) is 3. The molecule has 0 saturated carbocycles. The summed E-state index contributed by atoms with van der Waals surface area (Å²) in [5, 5.41) is 8.75. The average molecular weight is 520 g/mol. The van der Waals surface area contributed by atoms with Gasteiger partial charge in [0.1, 0.15) is 5.01 Å². The maximum absolute atomic E-state index is 6.12. The highest BCUT2D eigenvalue weighted by Gasteiger charge is 2.23. The maximum Gasteiger partial charge on any atom is 0.191 e. The van der Waals surface area contributed by atoms with Crippen molar-refractivity contribution in [2.45, 2.75) is 39.3 Å². The van der Waals surface area contributed by atoms with Crippen molar-refractivity contribution in [1.82, 2.24) is 15.6 Å². The van der Waals surface area contributed by atoms with Gasteiger partial charge in [-0.1, -0.05) is 24.6 Å². The van der Waals surface area contributed by atoms with Gasteiger partial charge in [-0.2, -0.15) is 0 Å². The van der Waals surface area contributed by atoms with Crippen LogP contribution >= 0.6 is 46.9 Å². The summed E-state index contributed by atoms with van der Waals surface area (Å²) >= 11 is 7.86. The molecule has 5 nitrogen and oxygen atoms in total. The molecule has 0 aliphatic carbocycles. The number of guanidine groups is 1. The van der Waals surface area contributed by atoms with E-state index in [1.807, 2.05) is 24.4 Å². The lowest BCUT2D eigenvalue weighted by Gasteiger charge is -2.20. The van der Waals surface area contributed by atoms with E-state index in [0.29, 0.717) is 12.6 Å². The van der Waals surface area contributed by atoms with Gasteiger partial charge in [0.2, 0.25) is 0 Å². The minimum absolute atomic E-state index is 0. The minimum atomic E-state index is 0. The lowest BCUT2D eigenvalue weighted by molar-refractivity contribution is 0.649.